The number of aryl methyl sites for hydroxylation is 3. The molecule has 0 radical (unpaired) electrons. The molecule has 0 N–H and O–H groups in total. The van der Waals surface area contributed by atoms with Crippen molar-refractivity contribution < 1.29 is 0 Å². The number of aromatic nitrogens is 1. The highest BCUT2D eigenvalue weighted by Gasteiger charge is 2.45. The maximum Gasteiger partial charge on any atom is 0.0757 e. The van der Waals surface area contributed by atoms with Crippen LogP contribution in [0, 0.1) is 20.8 Å². The molecule has 0 spiro atoms. The fourth-order valence-corrected chi connectivity index (χ4v) is 12.7. The summed E-state index contributed by atoms with van der Waals surface area (Å²) in [4.78, 5) is 5.69. The molecule has 3 heteroatoms. The number of benzene rings is 4. The van der Waals surface area contributed by atoms with E-state index >= 15 is 0 Å². The molecule has 0 saturated heterocycles. The SMILES string of the molecule is Cc1cc(C)c(P=C(c2ccccc2)c2cccc(C(c3ccccc3)P3CC(C)(C)c4cc(C(C)(C)C)cc(C(C)(C)C)c43)n2)c(C)c1. The van der Waals surface area contributed by atoms with E-state index in [0.717, 1.165) is 11.9 Å². The van der Waals surface area contributed by atoms with Crippen LogP contribution < -0.4 is 10.6 Å². The van der Waals surface area contributed by atoms with Gasteiger partial charge in [0.25, 0.3) is 0 Å². The summed E-state index contributed by atoms with van der Waals surface area (Å²) >= 11 is 0. The van der Waals surface area contributed by atoms with Crippen LogP contribution in [-0.2, 0) is 16.2 Å². The summed E-state index contributed by atoms with van der Waals surface area (Å²) in [6.07, 6.45) is 1.15. The standard InChI is InChI=1S/C46H53NP2/c1-30-25-31(2)40(32(3)26-30)48-41(33-19-14-12-15-20-33)38-23-18-24-39(47-38)42(34-21-16-13-17-22-34)49-29-46(10,11)37-28-35(44(4,5)6)27-36(43(37)49)45(7,8)9/h12-28,42H,29H2,1-11H3. The van der Waals surface area contributed by atoms with Gasteiger partial charge in [-0.25, -0.2) is 0 Å². The summed E-state index contributed by atoms with van der Waals surface area (Å²) in [6.45, 7) is 25.9. The molecule has 2 atom stereocenters. The third-order valence-corrected chi connectivity index (χ3v) is 15.0. The number of hydrogen-bond acceptors (Lipinski definition) is 1. The first-order chi connectivity index (χ1) is 23.0. The number of rotatable bonds is 6. The van der Waals surface area contributed by atoms with Crippen molar-refractivity contribution in [3.63, 3.8) is 0 Å². The lowest BCUT2D eigenvalue weighted by atomic mass is 9.75. The Bertz CT molecular complexity index is 1980. The zero-order valence-electron chi connectivity index (χ0n) is 31.4. The van der Waals surface area contributed by atoms with Crippen molar-refractivity contribution >= 4 is 32.0 Å². The monoisotopic (exact) mass is 681 g/mol. The van der Waals surface area contributed by atoms with E-state index in [1.165, 1.54) is 63.4 Å². The number of hydrogen-bond donors (Lipinski definition) is 0. The lowest BCUT2D eigenvalue weighted by molar-refractivity contribution is 0.560. The quantitative estimate of drug-likeness (QED) is 0.163. The summed E-state index contributed by atoms with van der Waals surface area (Å²) in [5.41, 5.74) is 13.7. The Balaban J connectivity index is 1.59. The van der Waals surface area contributed by atoms with Crippen LogP contribution in [0.15, 0.2) is 103 Å². The van der Waals surface area contributed by atoms with E-state index < -0.39 is 7.92 Å². The highest BCUT2D eigenvalue weighted by molar-refractivity contribution is 7.67. The topological polar surface area (TPSA) is 12.9 Å². The van der Waals surface area contributed by atoms with Gasteiger partial charge in [-0.3, -0.25) is 4.98 Å². The molecule has 0 bridgehead atoms. The van der Waals surface area contributed by atoms with Crippen molar-refractivity contribution in [1.29, 1.82) is 0 Å². The molecule has 6 rings (SSSR count). The molecule has 0 saturated carbocycles. The van der Waals surface area contributed by atoms with Crippen LogP contribution in [0.1, 0.15) is 117 Å². The van der Waals surface area contributed by atoms with Gasteiger partial charge in [0.1, 0.15) is 0 Å². The first-order valence-corrected chi connectivity index (χ1v) is 20.2. The normalized spacial score (nSPS) is 16.8. The van der Waals surface area contributed by atoms with E-state index in [0.29, 0.717) is 0 Å². The molecule has 0 fully saturated rings. The molecule has 252 valence electrons. The molecule has 2 heterocycles. The van der Waals surface area contributed by atoms with Crippen molar-refractivity contribution in [2.75, 3.05) is 6.16 Å². The van der Waals surface area contributed by atoms with Gasteiger partial charge in [-0.2, -0.15) is 0 Å². The summed E-state index contributed by atoms with van der Waals surface area (Å²) in [5.74, 6) is 0. The first-order valence-electron chi connectivity index (χ1n) is 17.7. The van der Waals surface area contributed by atoms with Gasteiger partial charge in [-0.15, -0.1) is 0 Å². The predicted molar refractivity (Wildman–Crippen MR) is 218 cm³/mol. The van der Waals surface area contributed by atoms with Gasteiger partial charge in [-0.05, 0) is 99.6 Å². The van der Waals surface area contributed by atoms with Crippen LogP contribution >= 0.6 is 16.1 Å². The van der Waals surface area contributed by atoms with Crippen LogP contribution in [0.5, 0.6) is 0 Å². The largest absolute Gasteiger partial charge is 0.251 e. The minimum atomic E-state index is -0.620. The second-order valence-corrected chi connectivity index (χ2v) is 20.1. The van der Waals surface area contributed by atoms with Gasteiger partial charge in [0, 0.05) is 10.6 Å². The Morgan fingerprint density at radius 3 is 1.94 bits per heavy atom. The second-order valence-electron chi connectivity index (χ2n) is 16.8. The van der Waals surface area contributed by atoms with Gasteiger partial charge in [0.05, 0.1) is 17.0 Å². The molecule has 1 aliphatic rings. The Kier molecular flexibility index (Phi) is 9.69. The fraction of sp³-hybridized carbons (Fsp3) is 0.348. The Labute approximate surface area is 299 Å². The Hall–Kier alpha value is -3.37. The van der Waals surface area contributed by atoms with Gasteiger partial charge in [0.15, 0.2) is 0 Å². The Morgan fingerprint density at radius 2 is 1.35 bits per heavy atom. The molecule has 5 aromatic rings. The molecular weight excluding hydrogens is 628 g/mol. The summed E-state index contributed by atoms with van der Waals surface area (Å²) in [7, 11) is 0.567. The molecule has 49 heavy (non-hydrogen) atoms. The highest BCUT2D eigenvalue weighted by atomic mass is 31.1. The van der Waals surface area contributed by atoms with Gasteiger partial charge >= 0.3 is 0 Å². The molecule has 1 nitrogen and oxygen atoms in total. The van der Waals surface area contributed by atoms with Gasteiger partial charge < -0.3 is 0 Å². The molecular formula is C46H53NP2. The van der Waals surface area contributed by atoms with E-state index in [1.54, 1.807) is 10.9 Å². The number of pyridine rings is 1. The molecule has 1 aromatic heterocycles. The minimum Gasteiger partial charge on any atom is -0.251 e. The molecule has 1 aliphatic heterocycles. The third kappa shape index (κ3) is 7.27. The van der Waals surface area contributed by atoms with Crippen LogP contribution in [-0.4, -0.2) is 16.4 Å². The van der Waals surface area contributed by atoms with Crippen LogP contribution in [0.25, 0.3) is 0 Å². The zero-order valence-corrected chi connectivity index (χ0v) is 33.2. The zero-order chi connectivity index (χ0) is 35.3. The maximum absolute atomic E-state index is 5.69. The summed E-state index contributed by atoms with van der Waals surface area (Å²) in [6, 6.07) is 38.7. The second kappa shape index (κ2) is 13.4. The van der Waals surface area contributed by atoms with Crippen molar-refractivity contribution in [2.24, 2.45) is 0 Å². The van der Waals surface area contributed by atoms with E-state index in [4.69, 9.17) is 4.98 Å². The molecule has 0 aliphatic carbocycles. The van der Waals surface area contributed by atoms with Crippen molar-refractivity contribution in [3.05, 3.63) is 159 Å². The average molecular weight is 682 g/mol. The average Bonchev–Trinajstić information content (AvgIpc) is 3.30. The van der Waals surface area contributed by atoms with Gasteiger partial charge in [0.2, 0.25) is 0 Å². The van der Waals surface area contributed by atoms with E-state index in [-0.39, 0.29) is 21.9 Å². The summed E-state index contributed by atoms with van der Waals surface area (Å²) < 4.78 is 0. The van der Waals surface area contributed by atoms with Crippen LogP contribution in [0.3, 0.4) is 0 Å². The van der Waals surface area contributed by atoms with Crippen molar-refractivity contribution in [2.45, 2.75) is 98.1 Å². The third-order valence-electron chi connectivity index (χ3n) is 9.99. The van der Waals surface area contributed by atoms with E-state index in [2.05, 4.69) is 179 Å². The number of fused-ring (bicyclic) bond motifs is 1. The predicted octanol–water partition coefficient (Wildman–Crippen LogP) is 11.6. The van der Waals surface area contributed by atoms with Crippen molar-refractivity contribution in [1.82, 2.24) is 4.98 Å². The fourth-order valence-electron chi connectivity index (χ4n) is 7.48. The molecule has 0 amide bonds. The van der Waals surface area contributed by atoms with Crippen LogP contribution in [0.4, 0.5) is 0 Å². The lowest BCUT2D eigenvalue weighted by Gasteiger charge is -2.33. The smallest absolute Gasteiger partial charge is 0.0757 e. The minimum absolute atomic E-state index is 0.0275. The van der Waals surface area contributed by atoms with Crippen LogP contribution in [0.2, 0.25) is 0 Å². The Morgan fingerprint density at radius 1 is 0.735 bits per heavy atom. The lowest BCUT2D eigenvalue weighted by Crippen LogP contribution is -2.28. The van der Waals surface area contributed by atoms with Crippen molar-refractivity contribution in [3.8, 4) is 0 Å². The summed E-state index contributed by atoms with van der Waals surface area (Å²) in [5, 5.41) is 4.24. The molecule has 2 unspecified atom stereocenters. The van der Waals surface area contributed by atoms with E-state index in [1.807, 2.05) is 0 Å². The number of nitrogens with zero attached hydrogens (tertiary/aromatic N) is 1. The van der Waals surface area contributed by atoms with E-state index in [9.17, 15) is 0 Å². The maximum atomic E-state index is 5.69. The van der Waals surface area contributed by atoms with Gasteiger partial charge in [-0.1, -0.05) is 168 Å². The highest BCUT2D eigenvalue weighted by Crippen LogP contribution is 2.63. The first kappa shape index (κ1) is 35.5. The molecule has 4 aromatic carbocycles.